The Morgan fingerprint density at radius 3 is 2.25 bits per heavy atom. The maximum absolute atomic E-state index is 10.9. The fourth-order valence-electron chi connectivity index (χ4n) is 0.813. The van der Waals surface area contributed by atoms with Crippen LogP contribution in [-0.2, 0) is 19.0 Å². The molecule has 0 atom stereocenters. The Bertz CT molecular complexity index is 206. The highest BCUT2D eigenvalue weighted by Crippen LogP contribution is 1.91. The van der Waals surface area contributed by atoms with Gasteiger partial charge in [0.25, 0.3) is 0 Å². The summed E-state index contributed by atoms with van der Waals surface area (Å²) in [7, 11) is 1.87. The van der Waals surface area contributed by atoms with Gasteiger partial charge >= 0.3 is 5.97 Å². The van der Waals surface area contributed by atoms with Crippen LogP contribution in [0.5, 0.6) is 0 Å². The zero-order valence-electron chi connectivity index (χ0n) is 10.1. The Morgan fingerprint density at radius 2 is 1.69 bits per heavy atom. The van der Waals surface area contributed by atoms with Crippen molar-refractivity contribution in [2.24, 2.45) is 0 Å². The molecule has 5 nitrogen and oxygen atoms in total. The molecule has 0 radical (unpaired) electrons. The largest absolute Gasteiger partial charge is 0.460 e. The third-order valence-corrected chi connectivity index (χ3v) is 1.68. The second-order valence-electron chi connectivity index (χ2n) is 3.24. The van der Waals surface area contributed by atoms with Gasteiger partial charge in [0.05, 0.1) is 26.4 Å². The Labute approximate surface area is 96.8 Å². The predicted octanol–water partition coefficient (Wildman–Crippen LogP) is 0.358. The lowest BCUT2D eigenvalue weighted by molar-refractivity contribution is -0.140. The molecular formula is C11H21NO4. The monoisotopic (exact) mass is 231 g/mol. The molecule has 0 unspecified atom stereocenters. The van der Waals surface area contributed by atoms with Crippen molar-refractivity contribution in [2.45, 2.75) is 6.92 Å². The molecule has 5 heteroatoms. The molecule has 0 aromatic carbocycles. The summed E-state index contributed by atoms with van der Waals surface area (Å²) >= 11 is 0. The van der Waals surface area contributed by atoms with Crippen LogP contribution in [0.4, 0.5) is 0 Å². The minimum atomic E-state index is -0.381. The second kappa shape index (κ2) is 10.6. The molecule has 0 fully saturated rings. The second-order valence-corrected chi connectivity index (χ2v) is 3.24. The van der Waals surface area contributed by atoms with Gasteiger partial charge in [0.1, 0.15) is 6.61 Å². The van der Waals surface area contributed by atoms with Gasteiger partial charge in [0, 0.05) is 12.1 Å². The van der Waals surface area contributed by atoms with E-state index in [4.69, 9.17) is 14.2 Å². The molecule has 0 aliphatic rings. The van der Waals surface area contributed by atoms with Gasteiger partial charge in [0.15, 0.2) is 0 Å². The lowest BCUT2D eigenvalue weighted by Crippen LogP contribution is -2.17. The van der Waals surface area contributed by atoms with Crippen LogP contribution in [0.15, 0.2) is 12.2 Å². The summed E-state index contributed by atoms with van der Waals surface area (Å²) in [6, 6.07) is 0. The highest BCUT2D eigenvalue weighted by molar-refractivity contribution is 5.86. The molecule has 0 saturated carbocycles. The Hall–Kier alpha value is -0.910. The van der Waals surface area contributed by atoms with Crippen molar-refractivity contribution in [3.8, 4) is 0 Å². The van der Waals surface area contributed by atoms with E-state index in [1.807, 2.05) is 7.05 Å². The SMILES string of the molecule is C=C(C)C(=O)OCCOCCOCCNC. The van der Waals surface area contributed by atoms with Gasteiger partial charge in [-0.25, -0.2) is 4.79 Å². The van der Waals surface area contributed by atoms with E-state index < -0.39 is 0 Å². The van der Waals surface area contributed by atoms with E-state index in [0.29, 0.717) is 32.0 Å². The molecule has 0 rings (SSSR count). The van der Waals surface area contributed by atoms with E-state index in [1.165, 1.54) is 0 Å². The van der Waals surface area contributed by atoms with E-state index in [-0.39, 0.29) is 12.6 Å². The molecule has 1 N–H and O–H groups in total. The maximum Gasteiger partial charge on any atom is 0.333 e. The van der Waals surface area contributed by atoms with Crippen LogP contribution in [0.1, 0.15) is 6.92 Å². The van der Waals surface area contributed by atoms with E-state index in [9.17, 15) is 4.79 Å². The van der Waals surface area contributed by atoms with Crippen molar-refractivity contribution < 1.29 is 19.0 Å². The standard InChI is InChI=1S/C11H21NO4/c1-10(2)11(13)16-9-8-15-7-6-14-5-4-12-3/h12H,1,4-9H2,2-3H3. The number of likely N-dealkylation sites (N-methyl/N-ethyl adjacent to an activating group) is 1. The Balaban J connectivity index is 3.10. The van der Waals surface area contributed by atoms with Gasteiger partial charge in [0.2, 0.25) is 0 Å². The topological polar surface area (TPSA) is 56.8 Å². The van der Waals surface area contributed by atoms with Gasteiger partial charge in [-0.3, -0.25) is 0 Å². The van der Waals surface area contributed by atoms with Crippen LogP contribution >= 0.6 is 0 Å². The molecule has 0 aromatic heterocycles. The van der Waals surface area contributed by atoms with Gasteiger partial charge in [-0.15, -0.1) is 0 Å². The van der Waals surface area contributed by atoms with Crippen LogP contribution in [0.25, 0.3) is 0 Å². The smallest absolute Gasteiger partial charge is 0.333 e. The van der Waals surface area contributed by atoms with Gasteiger partial charge < -0.3 is 19.5 Å². The van der Waals surface area contributed by atoms with Crippen molar-refractivity contribution in [2.75, 3.05) is 46.6 Å². The molecule has 0 amide bonds. The molecule has 94 valence electrons. The third-order valence-electron chi connectivity index (χ3n) is 1.68. The Kier molecular flexibility index (Phi) is 10.00. The van der Waals surface area contributed by atoms with Crippen LogP contribution in [0, 0.1) is 0 Å². The molecule has 16 heavy (non-hydrogen) atoms. The zero-order chi connectivity index (χ0) is 12.2. The summed E-state index contributed by atoms with van der Waals surface area (Å²) < 4.78 is 15.3. The lowest BCUT2D eigenvalue weighted by Gasteiger charge is -2.06. The maximum atomic E-state index is 10.9. The number of ether oxygens (including phenoxy) is 3. The lowest BCUT2D eigenvalue weighted by atomic mass is 10.4. The number of rotatable bonds is 10. The summed E-state index contributed by atoms with van der Waals surface area (Å²) in [5, 5.41) is 2.97. The molecular weight excluding hydrogens is 210 g/mol. The van der Waals surface area contributed by atoms with Crippen molar-refractivity contribution in [3.05, 3.63) is 12.2 Å². The summed E-state index contributed by atoms with van der Waals surface area (Å²) in [5.74, 6) is -0.381. The average Bonchev–Trinajstić information content (AvgIpc) is 2.26. The first-order chi connectivity index (χ1) is 7.68. The highest BCUT2D eigenvalue weighted by atomic mass is 16.6. The van der Waals surface area contributed by atoms with Gasteiger partial charge in [-0.05, 0) is 14.0 Å². The van der Waals surface area contributed by atoms with E-state index in [1.54, 1.807) is 6.92 Å². The van der Waals surface area contributed by atoms with Crippen molar-refractivity contribution in [1.82, 2.24) is 5.32 Å². The first kappa shape index (κ1) is 15.1. The number of hydrogen-bond acceptors (Lipinski definition) is 5. The molecule has 0 aromatic rings. The number of carbonyl (C=O) groups excluding carboxylic acids is 1. The minimum absolute atomic E-state index is 0.252. The first-order valence-electron chi connectivity index (χ1n) is 5.31. The molecule has 0 aliphatic carbocycles. The van der Waals surface area contributed by atoms with Crippen LogP contribution in [-0.4, -0.2) is 52.6 Å². The molecule has 0 spiro atoms. The minimum Gasteiger partial charge on any atom is -0.460 e. The summed E-state index contributed by atoms with van der Waals surface area (Å²) in [6.07, 6.45) is 0. The normalized spacial score (nSPS) is 10.1. The Morgan fingerprint density at radius 1 is 1.12 bits per heavy atom. The van der Waals surface area contributed by atoms with E-state index in [2.05, 4.69) is 11.9 Å². The zero-order valence-corrected chi connectivity index (χ0v) is 10.1. The van der Waals surface area contributed by atoms with Crippen molar-refractivity contribution in [3.63, 3.8) is 0 Å². The quantitative estimate of drug-likeness (QED) is 0.334. The van der Waals surface area contributed by atoms with Crippen LogP contribution in [0.2, 0.25) is 0 Å². The number of esters is 1. The molecule has 0 saturated heterocycles. The van der Waals surface area contributed by atoms with Gasteiger partial charge in [-0.2, -0.15) is 0 Å². The average molecular weight is 231 g/mol. The predicted molar refractivity (Wildman–Crippen MR) is 61.3 cm³/mol. The molecule has 0 heterocycles. The number of carbonyl (C=O) groups is 1. The summed E-state index contributed by atoms with van der Waals surface area (Å²) in [5.41, 5.74) is 0.399. The number of nitrogens with one attached hydrogen (secondary N) is 1. The summed E-state index contributed by atoms with van der Waals surface area (Å²) in [6.45, 7) is 8.28. The highest BCUT2D eigenvalue weighted by Gasteiger charge is 2.01. The third kappa shape index (κ3) is 9.64. The van der Waals surface area contributed by atoms with E-state index in [0.717, 1.165) is 6.54 Å². The molecule has 0 bridgehead atoms. The summed E-state index contributed by atoms with van der Waals surface area (Å²) in [4.78, 5) is 10.9. The number of hydrogen-bond donors (Lipinski definition) is 1. The van der Waals surface area contributed by atoms with Crippen LogP contribution in [0.3, 0.4) is 0 Å². The first-order valence-corrected chi connectivity index (χ1v) is 5.31. The fraction of sp³-hybridized carbons (Fsp3) is 0.727. The van der Waals surface area contributed by atoms with E-state index >= 15 is 0 Å². The van der Waals surface area contributed by atoms with Gasteiger partial charge in [-0.1, -0.05) is 6.58 Å². The molecule has 0 aliphatic heterocycles. The fourth-order valence-corrected chi connectivity index (χ4v) is 0.813. The van der Waals surface area contributed by atoms with Crippen molar-refractivity contribution >= 4 is 5.97 Å². The van der Waals surface area contributed by atoms with Crippen molar-refractivity contribution in [1.29, 1.82) is 0 Å². The van der Waals surface area contributed by atoms with Crippen LogP contribution < -0.4 is 5.32 Å².